The normalized spacial score (nSPS) is 22.8. The van der Waals surface area contributed by atoms with Crippen molar-refractivity contribution in [3.8, 4) is 11.1 Å². The maximum Gasteiger partial charge on any atom is 0.245 e. The molecule has 3 aliphatic heterocycles. The topological polar surface area (TPSA) is 48.0 Å². The SMILES string of the molecule is C=C1OCO/C1=C/C1=C(C)C2(CO1)C(=O)N(CC)c1cccc(-c3cc(Cl)cc(Cl)c3C)c12. The summed E-state index contributed by atoms with van der Waals surface area (Å²) in [6.07, 6.45) is 1.76. The molecule has 1 fully saturated rings. The molecule has 0 bridgehead atoms. The van der Waals surface area contributed by atoms with Gasteiger partial charge in [-0.25, -0.2) is 0 Å². The van der Waals surface area contributed by atoms with Crippen molar-refractivity contribution in [1.82, 2.24) is 0 Å². The van der Waals surface area contributed by atoms with E-state index in [0.717, 1.165) is 33.5 Å². The minimum Gasteiger partial charge on any atom is -0.492 e. The minimum absolute atomic E-state index is 0.00783. The van der Waals surface area contributed by atoms with Gasteiger partial charge < -0.3 is 19.1 Å². The third-order valence-electron chi connectivity index (χ3n) is 6.72. The van der Waals surface area contributed by atoms with E-state index in [0.29, 0.717) is 33.9 Å². The maximum absolute atomic E-state index is 13.9. The van der Waals surface area contributed by atoms with Crippen molar-refractivity contribution in [1.29, 1.82) is 0 Å². The minimum atomic E-state index is -0.962. The lowest BCUT2D eigenvalue weighted by molar-refractivity contribution is -0.122. The number of hydrogen-bond donors (Lipinski definition) is 0. The summed E-state index contributed by atoms with van der Waals surface area (Å²) in [6.45, 7) is 10.6. The Hall–Kier alpha value is -2.89. The van der Waals surface area contributed by atoms with Crippen molar-refractivity contribution in [3.63, 3.8) is 0 Å². The molecule has 1 atom stereocenters. The van der Waals surface area contributed by atoms with E-state index in [9.17, 15) is 4.79 Å². The van der Waals surface area contributed by atoms with Crippen molar-refractivity contribution in [2.75, 3.05) is 24.8 Å². The van der Waals surface area contributed by atoms with E-state index in [2.05, 4.69) is 6.58 Å². The fourth-order valence-electron chi connectivity index (χ4n) is 4.93. The zero-order valence-electron chi connectivity index (χ0n) is 18.6. The van der Waals surface area contributed by atoms with Crippen molar-refractivity contribution in [2.45, 2.75) is 26.2 Å². The summed E-state index contributed by atoms with van der Waals surface area (Å²) in [7, 11) is 0. The highest BCUT2D eigenvalue weighted by Gasteiger charge is 2.57. The predicted molar refractivity (Wildman–Crippen MR) is 129 cm³/mol. The molecule has 2 aromatic rings. The van der Waals surface area contributed by atoms with E-state index in [-0.39, 0.29) is 19.3 Å². The molecule has 0 N–H and O–H groups in total. The lowest BCUT2D eigenvalue weighted by Gasteiger charge is -2.25. The molecule has 1 spiro atoms. The molecule has 1 saturated heterocycles. The number of likely N-dealkylation sites (N-methyl/N-ethyl adjacent to an activating group) is 1. The first-order chi connectivity index (χ1) is 15.8. The molecular weight excluding hydrogens is 461 g/mol. The quantitative estimate of drug-likeness (QED) is 0.515. The van der Waals surface area contributed by atoms with E-state index in [1.807, 2.05) is 49.9 Å². The average molecular weight is 484 g/mol. The number of benzene rings is 2. The monoisotopic (exact) mass is 483 g/mol. The van der Waals surface area contributed by atoms with Gasteiger partial charge in [-0.15, -0.1) is 0 Å². The van der Waals surface area contributed by atoms with E-state index in [1.54, 1.807) is 12.1 Å². The summed E-state index contributed by atoms with van der Waals surface area (Å²) in [5, 5.41) is 1.12. The third-order valence-corrected chi connectivity index (χ3v) is 7.34. The standard InChI is InChI=1S/C26H23Cl2NO4/c1-5-29-21-8-6-7-18(19-9-17(27)10-20(28)14(19)2)24(21)26(25(29)30)12-31-22(15(26)3)11-23-16(4)32-13-33-23/h6-11H,4-5,12-13H2,1-3H3/b23-11+. The molecule has 0 radical (unpaired) electrons. The molecule has 1 amide bonds. The molecule has 5 nitrogen and oxygen atoms in total. The van der Waals surface area contributed by atoms with Gasteiger partial charge in [-0.1, -0.05) is 41.9 Å². The van der Waals surface area contributed by atoms with Crippen LogP contribution in [0.5, 0.6) is 0 Å². The molecule has 3 aliphatic rings. The summed E-state index contributed by atoms with van der Waals surface area (Å²) in [6, 6.07) is 9.59. The molecule has 33 heavy (non-hydrogen) atoms. The number of hydrogen-bond acceptors (Lipinski definition) is 4. The van der Waals surface area contributed by atoms with Crippen LogP contribution in [-0.4, -0.2) is 25.9 Å². The largest absolute Gasteiger partial charge is 0.492 e. The zero-order valence-corrected chi connectivity index (χ0v) is 20.1. The van der Waals surface area contributed by atoms with Gasteiger partial charge in [0.15, 0.2) is 11.5 Å². The van der Waals surface area contributed by atoms with Crippen molar-refractivity contribution < 1.29 is 19.0 Å². The maximum atomic E-state index is 13.9. The molecule has 0 aromatic heterocycles. The van der Waals surface area contributed by atoms with Crippen molar-refractivity contribution >= 4 is 34.8 Å². The smallest absolute Gasteiger partial charge is 0.245 e. The van der Waals surface area contributed by atoms with E-state index in [1.165, 1.54) is 0 Å². The van der Waals surface area contributed by atoms with Crippen molar-refractivity contribution in [2.24, 2.45) is 0 Å². The van der Waals surface area contributed by atoms with Gasteiger partial charge in [0.05, 0.1) is 0 Å². The van der Waals surface area contributed by atoms with E-state index >= 15 is 0 Å². The lowest BCUT2D eigenvalue weighted by Crippen LogP contribution is -2.42. The summed E-state index contributed by atoms with van der Waals surface area (Å²) in [5.41, 5.74) is 4.36. The van der Waals surface area contributed by atoms with Crippen molar-refractivity contribution in [3.05, 3.63) is 87.0 Å². The first-order valence-electron chi connectivity index (χ1n) is 10.7. The summed E-state index contributed by atoms with van der Waals surface area (Å²) in [4.78, 5) is 15.8. The Morgan fingerprint density at radius 3 is 2.64 bits per heavy atom. The predicted octanol–water partition coefficient (Wildman–Crippen LogP) is 6.28. The first kappa shape index (κ1) is 21.9. The molecule has 5 rings (SSSR count). The molecular formula is C26H23Cl2NO4. The Balaban J connectivity index is 1.77. The molecule has 170 valence electrons. The van der Waals surface area contributed by atoms with Gasteiger partial charge in [0.2, 0.25) is 12.7 Å². The Labute approximate surface area is 202 Å². The highest BCUT2D eigenvalue weighted by atomic mass is 35.5. The Kier molecular flexibility index (Phi) is 5.22. The number of amides is 1. The van der Waals surface area contributed by atoms with Crippen LogP contribution in [0.1, 0.15) is 25.0 Å². The molecule has 1 unspecified atom stereocenters. The van der Waals surface area contributed by atoms with Crippen LogP contribution < -0.4 is 4.90 Å². The molecule has 3 heterocycles. The summed E-state index contributed by atoms with van der Waals surface area (Å²) < 4.78 is 16.9. The lowest BCUT2D eigenvalue weighted by atomic mass is 9.73. The first-order valence-corrected chi connectivity index (χ1v) is 11.5. The fourth-order valence-corrected chi connectivity index (χ4v) is 5.42. The second-order valence-electron chi connectivity index (χ2n) is 8.33. The number of carbonyl (C=O) groups excluding carboxylic acids is 1. The van der Waals surface area contributed by atoms with Gasteiger partial charge >= 0.3 is 0 Å². The van der Waals surface area contributed by atoms with Crippen LogP contribution in [-0.2, 0) is 24.4 Å². The number of carbonyl (C=O) groups is 1. The second-order valence-corrected chi connectivity index (χ2v) is 9.17. The second kappa shape index (κ2) is 7.86. The van der Waals surface area contributed by atoms with Crippen LogP contribution in [0.15, 0.2) is 65.8 Å². The van der Waals surface area contributed by atoms with Crippen LogP contribution in [0.3, 0.4) is 0 Å². The van der Waals surface area contributed by atoms with E-state index in [4.69, 9.17) is 37.4 Å². The number of rotatable bonds is 3. The number of ether oxygens (including phenoxy) is 3. The third kappa shape index (κ3) is 3.10. The highest BCUT2D eigenvalue weighted by molar-refractivity contribution is 6.35. The summed E-state index contributed by atoms with van der Waals surface area (Å²) >= 11 is 12.9. The van der Waals surface area contributed by atoms with Gasteiger partial charge in [0.1, 0.15) is 17.8 Å². The van der Waals surface area contributed by atoms with Crippen LogP contribution >= 0.6 is 23.2 Å². The number of allylic oxidation sites excluding steroid dienone is 1. The van der Waals surface area contributed by atoms with Gasteiger partial charge in [0.25, 0.3) is 0 Å². The van der Waals surface area contributed by atoms with Crippen LogP contribution in [0.4, 0.5) is 5.69 Å². The van der Waals surface area contributed by atoms with Gasteiger partial charge in [0, 0.05) is 33.9 Å². The summed E-state index contributed by atoms with van der Waals surface area (Å²) in [5.74, 6) is 1.53. The van der Waals surface area contributed by atoms with Gasteiger partial charge in [-0.2, -0.15) is 0 Å². The Morgan fingerprint density at radius 2 is 1.94 bits per heavy atom. The number of nitrogens with zero attached hydrogens (tertiary/aromatic N) is 1. The number of anilines is 1. The van der Waals surface area contributed by atoms with E-state index < -0.39 is 5.41 Å². The molecule has 7 heteroatoms. The van der Waals surface area contributed by atoms with Crippen LogP contribution in [0.2, 0.25) is 10.0 Å². The van der Waals surface area contributed by atoms with Gasteiger partial charge in [-0.3, -0.25) is 4.79 Å². The Morgan fingerprint density at radius 1 is 1.15 bits per heavy atom. The molecule has 2 aromatic carbocycles. The Bertz CT molecular complexity index is 1280. The molecule has 0 aliphatic carbocycles. The fraction of sp³-hybridized carbons (Fsp3) is 0.269. The van der Waals surface area contributed by atoms with Crippen LogP contribution in [0.25, 0.3) is 11.1 Å². The number of fused-ring (bicyclic) bond motifs is 2. The number of halogens is 2. The molecule has 0 saturated carbocycles. The van der Waals surface area contributed by atoms with Gasteiger partial charge in [-0.05, 0) is 61.2 Å². The average Bonchev–Trinajstić information content (AvgIpc) is 3.42. The van der Waals surface area contributed by atoms with Crippen LogP contribution in [0, 0.1) is 6.92 Å². The highest BCUT2D eigenvalue weighted by Crippen LogP contribution is 2.54. The zero-order chi connectivity index (χ0) is 23.5.